The van der Waals surface area contributed by atoms with Crippen LogP contribution < -0.4 is 0 Å². The van der Waals surface area contributed by atoms with Crippen LogP contribution >= 0.6 is 0 Å². The Labute approximate surface area is 51.9 Å². The van der Waals surface area contributed by atoms with Crippen molar-refractivity contribution in [2.24, 2.45) is 0 Å². The quantitative estimate of drug-likeness (QED) is 0.478. The zero-order chi connectivity index (χ0) is 6.41. The Hall–Kier alpha value is -0.520. The molecule has 0 nitrogen and oxygen atoms in total. The molecule has 0 aliphatic carbocycles. The zero-order valence-corrected chi connectivity index (χ0v) is 5.86. The van der Waals surface area contributed by atoms with Gasteiger partial charge in [0.15, 0.2) is 0 Å². The van der Waals surface area contributed by atoms with Gasteiger partial charge in [-0.15, -0.1) is 0 Å². The summed E-state index contributed by atoms with van der Waals surface area (Å²) < 4.78 is 0. The van der Waals surface area contributed by atoms with Crippen LogP contribution in [-0.4, -0.2) is 0 Å². The monoisotopic (exact) mass is 109 g/mol. The van der Waals surface area contributed by atoms with Gasteiger partial charge in [0.05, 0.1) is 0 Å². The van der Waals surface area contributed by atoms with E-state index in [-0.39, 0.29) is 0 Å². The van der Waals surface area contributed by atoms with E-state index in [2.05, 4.69) is 26.8 Å². The van der Waals surface area contributed by atoms with Crippen molar-refractivity contribution in [1.29, 1.82) is 0 Å². The number of rotatable bonds is 2. The van der Waals surface area contributed by atoms with Crippen LogP contribution in [0.1, 0.15) is 27.2 Å². The lowest BCUT2D eigenvalue weighted by Gasteiger charge is -1.79. The molecule has 0 bridgehead atoms. The summed E-state index contributed by atoms with van der Waals surface area (Å²) in [6.45, 7) is 6.23. The van der Waals surface area contributed by atoms with Crippen molar-refractivity contribution in [1.82, 2.24) is 0 Å². The van der Waals surface area contributed by atoms with Gasteiger partial charge in [-0.05, 0) is 26.3 Å². The van der Waals surface area contributed by atoms with Gasteiger partial charge in [0, 0.05) is 0 Å². The molecule has 0 aliphatic rings. The van der Waals surface area contributed by atoms with E-state index in [1.165, 1.54) is 5.57 Å². The molecule has 0 heteroatoms. The molecule has 0 aromatic carbocycles. The highest BCUT2D eigenvalue weighted by Crippen LogP contribution is 1.88. The maximum Gasteiger partial charge on any atom is -0.0228 e. The topological polar surface area (TPSA) is 0 Å². The lowest BCUT2D eigenvalue weighted by Crippen LogP contribution is -1.59. The van der Waals surface area contributed by atoms with Gasteiger partial charge in [0.2, 0.25) is 0 Å². The third kappa shape index (κ3) is 5.48. The highest BCUT2D eigenvalue weighted by molar-refractivity contribution is 5.01. The van der Waals surface area contributed by atoms with Gasteiger partial charge in [0.1, 0.15) is 0 Å². The molecule has 0 fully saturated rings. The first kappa shape index (κ1) is 7.48. The van der Waals surface area contributed by atoms with Crippen molar-refractivity contribution in [2.45, 2.75) is 27.2 Å². The Bertz CT molecular complexity index is 92.6. The molecule has 0 aliphatic heterocycles. The first-order valence-corrected chi connectivity index (χ1v) is 2.98. The summed E-state index contributed by atoms with van der Waals surface area (Å²) >= 11 is 0. The highest BCUT2D eigenvalue weighted by atomic mass is 13.7. The lowest BCUT2D eigenvalue weighted by molar-refractivity contribution is 1.21. The molecule has 0 atom stereocenters. The molecule has 0 aromatic rings. The van der Waals surface area contributed by atoms with E-state index < -0.39 is 0 Å². The Morgan fingerprint density at radius 3 is 2.50 bits per heavy atom. The minimum Gasteiger partial charge on any atom is -0.0769 e. The van der Waals surface area contributed by atoms with Crippen LogP contribution in [0.4, 0.5) is 0 Å². The van der Waals surface area contributed by atoms with Crippen LogP contribution in [0.15, 0.2) is 17.7 Å². The third-order valence-electron chi connectivity index (χ3n) is 0.694. The van der Waals surface area contributed by atoms with Crippen LogP contribution in [0, 0.1) is 6.08 Å². The van der Waals surface area contributed by atoms with Gasteiger partial charge >= 0.3 is 0 Å². The molecule has 0 saturated carbocycles. The van der Waals surface area contributed by atoms with Crippen molar-refractivity contribution in [3.63, 3.8) is 0 Å². The first-order valence-electron chi connectivity index (χ1n) is 2.98. The Balaban J connectivity index is 3.42. The molecule has 0 N–H and O–H groups in total. The average Bonchev–Trinajstić information content (AvgIpc) is 1.66. The number of allylic oxidation sites excluding steroid dienone is 4. The summed E-state index contributed by atoms with van der Waals surface area (Å²) in [5.41, 5.74) is 1.30. The van der Waals surface area contributed by atoms with E-state index >= 15 is 0 Å². The summed E-state index contributed by atoms with van der Waals surface area (Å²) in [4.78, 5) is 0. The molecule has 0 amide bonds. The molecular weight excluding hydrogens is 96.1 g/mol. The van der Waals surface area contributed by atoms with Crippen molar-refractivity contribution in [2.75, 3.05) is 0 Å². The lowest BCUT2D eigenvalue weighted by atomic mass is 10.3. The predicted octanol–water partition coefficient (Wildman–Crippen LogP) is 2.72. The predicted molar refractivity (Wildman–Crippen MR) is 37.5 cm³/mol. The minimum absolute atomic E-state index is 1.07. The third-order valence-corrected chi connectivity index (χ3v) is 0.694. The SMILES string of the molecule is CC/C=[C]/C=C(C)C. The Morgan fingerprint density at radius 1 is 1.50 bits per heavy atom. The Morgan fingerprint density at radius 2 is 2.12 bits per heavy atom. The van der Waals surface area contributed by atoms with E-state index in [1.54, 1.807) is 0 Å². The molecule has 0 heterocycles. The molecule has 0 aromatic heterocycles. The van der Waals surface area contributed by atoms with Crippen molar-refractivity contribution < 1.29 is 0 Å². The summed E-state index contributed by atoms with van der Waals surface area (Å²) in [6.07, 6.45) is 8.13. The number of hydrogen-bond donors (Lipinski definition) is 0. The smallest absolute Gasteiger partial charge is 0.0228 e. The van der Waals surface area contributed by atoms with E-state index in [4.69, 9.17) is 0 Å². The second kappa shape index (κ2) is 4.63. The van der Waals surface area contributed by atoms with Gasteiger partial charge in [-0.2, -0.15) is 0 Å². The molecule has 0 spiro atoms. The highest BCUT2D eigenvalue weighted by Gasteiger charge is 1.68. The molecule has 8 heavy (non-hydrogen) atoms. The van der Waals surface area contributed by atoms with Gasteiger partial charge in [-0.25, -0.2) is 0 Å². The van der Waals surface area contributed by atoms with Crippen LogP contribution in [0.3, 0.4) is 0 Å². The minimum atomic E-state index is 1.07. The summed E-state index contributed by atoms with van der Waals surface area (Å²) in [5, 5.41) is 0. The van der Waals surface area contributed by atoms with Crippen molar-refractivity contribution >= 4 is 0 Å². The first-order chi connectivity index (χ1) is 3.77. The molecule has 45 valence electrons. The fraction of sp³-hybridized carbons (Fsp3) is 0.500. The van der Waals surface area contributed by atoms with Crippen LogP contribution in [0.25, 0.3) is 0 Å². The molecule has 0 saturated heterocycles. The maximum absolute atomic E-state index is 3.05. The molecule has 0 unspecified atom stereocenters. The normalized spacial score (nSPS) is 9.88. The fourth-order valence-electron chi connectivity index (χ4n) is 0.343. The maximum atomic E-state index is 3.05. The van der Waals surface area contributed by atoms with Crippen LogP contribution in [0.2, 0.25) is 0 Å². The van der Waals surface area contributed by atoms with Crippen LogP contribution in [-0.2, 0) is 0 Å². The van der Waals surface area contributed by atoms with Crippen LogP contribution in [0.5, 0.6) is 0 Å². The van der Waals surface area contributed by atoms with Gasteiger partial charge in [-0.1, -0.05) is 24.6 Å². The van der Waals surface area contributed by atoms with Gasteiger partial charge < -0.3 is 0 Å². The number of hydrogen-bond acceptors (Lipinski definition) is 0. The van der Waals surface area contributed by atoms with E-state index in [9.17, 15) is 0 Å². The van der Waals surface area contributed by atoms with Gasteiger partial charge in [0.25, 0.3) is 0 Å². The second-order valence-corrected chi connectivity index (χ2v) is 2.00. The summed E-state index contributed by atoms with van der Waals surface area (Å²) in [6, 6.07) is 0. The van der Waals surface area contributed by atoms with Gasteiger partial charge in [-0.3, -0.25) is 0 Å². The molecular formula is C8H13. The van der Waals surface area contributed by atoms with Crippen molar-refractivity contribution in [3.8, 4) is 0 Å². The van der Waals surface area contributed by atoms with E-state index in [0.717, 1.165) is 6.42 Å². The average molecular weight is 109 g/mol. The summed E-state index contributed by atoms with van der Waals surface area (Å²) in [5.74, 6) is 0. The summed E-state index contributed by atoms with van der Waals surface area (Å²) in [7, 11) is 0. The fourth-order valence-corrected chi connectivity index (χ4v) is 0.343. The largest absolute Gasteiger partial charge is 0.0769 e. The van der Waals surface area contributed by atoms with Crippen molar-refractivity contribution in [3.05, 3.63) is 23.8 Å². The Kier molecular flexibility index (Phi) is 4.33. The van der Waals surface area contributed by atoms with E-state index in [0.29, 0.717) is 0 Å². The molecule has 1 radical (unpaired) electrons. The zero-order valence-electron chi connectivity index (χ0n) is 5.86. The standard InChI is InChI=1S/C8H13/c1-4-5-6-7-8(2)3/h5,7H,4H2,1-3H3. The second-order valence-electron chi connectivity index (χ2n) is 2.00. The molecule has 0 rings (SSSR count). The van der Waals surface area contributed by atoms with E-state index in [1.807, 2.05) is 12.2 Å².